The monoisotopic (exact) mass is 447 g/mol. The first-order chi connectivity index (χ1) is 15.1. The van der Waals surface area contributed by atoms with Crippen LogP contribution in [0.2, 0.25) is 0 Å². The van der Waals surface area contributed by atoms with Crippen molar-refractivity contribution in [3.63, 3.8) is 0 Å². The topological polar surface area (TPSA) is 46.4 Å². The van der Waals surface area contributed by atoms with Crippen LogP contribution in [0.25, 0.3) is 0 Å². The molecule has 2 heterocycles. The Morgan fingerprint density at radius 2 is 1.94 bits per heavy atom. The van der Waals surface area contributed by atoms with Crippen LogP contribution in [0.3, 0.4) is 0 Å². The van der Waals surface area contributed by atoms with E-state index < -0.39 is 0 Å². The number of aryl methyl sites for hydroxylation is 1. The predicted octanol–water partition coefficient (Wildman–Crippen LogP) is 6.86. The van der Waals surface area contributed by atoms with Crippen LogP contribution >= 0.6 is 11.3 Å². The van der Waals surface area contributed by atoms with E-state index in [1.54, 1.807) is 11.3 Å². The summed E-state index contributed by atoms with van der Waals surface area (Å²) in [4.78, 5) is 19.6. The maximum absolute atomic E-state index is 13.4. The zero-order valence-corrected chi connectivity index (χ0v) is 20.8. The molecule has 0 bridgehead atoms. The van der Waals surface area contributed by atoms with Crippen LogP contribution in [0.5, 0.6) is 0 Å². The van der Waals surface area contributed by atoms with Crippen LogP contribution < -0.4 is 5.32 Å². The molecule has 0 radical (unpaired) electrons. The Bertz CT molecular complexity index is 1160. The van der Waals surface area contributed by atoms with Crippen LogP contribution in [-0.2, 0) is 19.9 Å². The zero-order valence-electron chi connectivity index (χ0n) is 20.0. The number of amides is 1. The maximum atomic E-state index is 13.4. The second-order valence-electron chi connectivity index (χ2n) is 9.95. The molecule has 0 spiro atoms. The Labute approximate surface area is 195 Å². The van der Waals surface area contributed by atoms with Crippen LogP contribution in [0.15, 0.2) is 41.4 Å². The standard InChI is InChI=1S/C27H33N3OS/c1-17-14-19(18(2)30(17)6)16-28-26-24(25(31)29-21-10-8-7-9-11-21)22-13-12-20(27(3,4)5)15-23(22)32-26/h7-11,14,16,20H,12-13,15H2,1-6H3,(H,29,31)/t20-/m1/s1. The summed E-state index contributed by atoms with van der Waals surface area (Å²) in [5.74, 6) is 0.561. The predicted molar refractivity (Wildman–Crippen MR) is 136 cm³/mol. The van der Waals surface area contributed by atoms with Crippen molar-refractivity contribution in [3.05, 3.63) is 69.4 Å². The molecule has 0 fully saturated rings. The van der Waals surface area contributed by atoms with E-state index in [1.165, 1.54) is 21.8 Å². The fraction of sp³-hybridized carbons (Fsp3) is 0.407. The first-order valence-corrected chi connectivity index (χ1v) is 12.1. The minimum atomic E-state index is -0.0592. The van der Waals surface area contributed by atoms with E-state index in [4.69, 9.17) is 4.99 Å². The van der Waals surface area contributed by atoms with E-state index >= 15 is 0 Å². The van der Waals surface area contributed by atoms with E-state index in [0.717, 1.165) is 41.1 Å². The molecule has 0 unspecified atom stereocenters. The van der Waals surface area contributed by atoms with Gasteiger partial charge < -0.3 is 9.88 Å². The first-order valence-electron chi connectivity index (χ1n) is 11.3. The third kappa shape index (κ3) is 4.44. The zero-order chi connectivity index (χ0) is 23.0. The number of aliphatic imine (C=N–C) groups is 1. The first kappa shape index (κ1) is 22.5. The number of carbonyl (C=O) groups is 1. The molecule has 1 amide bonds. The SMILES string of the molecule is Cc1cc(C=Nc2sc3c(c2C(=O)Nc2ccccc2)CC[C@@H](C(C)(C)C)C3)c(C)n1C. The van der Waals surface area contributed by atoms with Crippen LogP contribution in [0.4, 0.5) is 10.7 Å². The summed E-state index contributed by atoms with van der Waals surface area (Å²) >= 11 is 1.69. The number of benzene rings is 1. The molecule has 1 aliphatic carbocycles. The van der Waals surface area contributed by atoms with Gasteiger partial charge in [0.1, 0.15) is 5.00 Å². The van der Waals surface area contributed by atoms with Crippen molar-refractivity contribution in [2.45, 2.75) is 53.9 Å². The van der Waals surface area contributed by atoms with Gasteiger partial charge in [-0.3, -0.25) is 4.79 Å². The normalized spacial score (nSPS) is 16.4. The van der Waals surface area contributed by atoms with Gasteiger partial charge in [-0.1, -0.05) is 39.0 Å². The molecule has 3 aromatic rings. The summed E-state index contributed by atoms with van der Waals surface area (Å²) in [7, 11) is 2.07. The molecule has 168 valence electrons. The number of carbonyl (C=O) groups excluding carboxylic acids is 1. The summed E-state index contributed by atoms with van der Waals surface area (Å²) in [6.07, 6.45) is 4.98. The van der Waals surface area contributed by atoms with Crippen LogP contribution in [0, 0.1) is 25.2 Å². The van der Waals surface area contributed by atoms with Gasteiger partial charge in [-0.2, -0.15) is 0 Å². The Hall–Kier alpha value is -2.66. The lowest BCUT2D eigenvalue weighted by Gasteiger charge is -2.33. The van der Waals surface area contributed by atoms with Gasteiger partial charge in [0.2, 0.25) is 0 Å². The number of nitrogens with one attached hydrogen (secondary N) is 1. The van der Waals surface area contributed by atoms with Crippen molar-refractivity contribution in [3.8, 4) is 0 Å². The summed E-state index contributed by atoms with van der Waals surface area (Å²) < 4.78 is 2.16. The average Bonchev–Trinajstić information content (AvgIpc) is 3.24. The van der Waals surface area contributed by atoms with Crippen molar-refractivity contribution >= 4 is 34.1 Å². The molecule has 1 aliphatic rings. The third-order valence-corrected chi connectivity index (χ3v) is 8.03. The fourth-order valence-electron chi connectivity index (χ4n) is 4.49. The summed E-state index contributed by atoms with van der Waals surface area (Å²) in [5, 5.41) is 3.91. The molecule has 4 nitrogen and oxygen atoms in total. The lowest BCUT2D eigenvalue weighted by molar-refractivity contribution is 0.102. The van der Waals surface area contributed by atoms with E-state index in [2.05, 4.69) is 57.6 Å². The van der Waals surface area contributed by atoms with E-state index in [-0.39, 0.29) is 11.3 Å². The van der Waals surface area contributed by atoms with Crippen LogP contribution in [0.1, 0.15) is 64.9 Å². The second kappa shape index (κ2) is 8.70. The highest BCUT2D eigenvalue weighted by Gasteiger charge is 2.33. The second-order valence-corrected chi connectivity index (χ2v) is 11.0. The highest BCUT2D eigenvalue weighted by atomic mass is 32.1. The molecular weight excluding hydrogens is 414 g/mol. The lowest BCUT2D eigenvalue weighted by atomic mass is 9.72. The Morgan fingerprint density at radius 3 is 2.56 bits per heavy atom. The number of fused-ring (bicyclic) bond motifs is 1. The minimum absolute atomic E-state index is 0.0592. The molecule has 1 atom stereocenters. The number of thiophene rings is 1. The fourth-order valence-corrected chi connectivity index (χ4v) is 5.76. The van der Waals surface area contributed by atoms with Gasteiger partial charge >= 0.3 is 0 Å². The van der Waals surface area contributed by atoms with Gasteiger partial charge in [0, 0.05) is 40.8 Å². The van der Waals surface area contributed by atoms with E-state index in [9.17, 15) is 4.79 Å². The van der Waals surface area contributed by atoms with Crippen LogP contribution in [-0.4, -0.2) is 16.7 Å². The number of anilines is 1. The Morgan fingerprint density at radius 1 is 1.22 bits per heavy atom. The van der Waals surface area contributed by atoms with Crippen molar-refractivity contribution in [1.82, 2.24) is 4.57 Å². The summed E-state index contributed by atoms with van der Waals surface area (Å²) in [6, 6.07) is 11.8. The van der Waals surface area contributed by atoms with Gasteiger partial charge in [-0.05, 0) is 68.2 Å². The number of hydrogen-bond donors (Lipinski definition) is 1. The summed E-state index contributed by atoms with van der Waals surface area (Å²) in [5.41, 5.74) is 6.49. The van der Waals surface area contributed by atoms with Crippen molar-refractivity contribution in [1.29, 1.82) is 0 Å². The van der Waals surface area contributed by atoms with Gasteiger partial charge in [-0.15, -0.1) is 11.3 Å². The van der Waals surface area contributed by atoms with Gasteiger partial charge in [0.15, 0.2) is 0 Å². The number of para-hydroxylation sites is 1. The minimum Gasteiger partial charge on any atom is -0.352 e. The van der Waals surface area contributed by atoms with Gasteiger partial charge in [-0.25, -0.2) is 4.99 Å². The molecule has 0 saturated heterocycles. The molecule has 1 aromatic carbocycles. The molecule has 0 saturated carbocycles. The quantitative estimate of drug-likeness (QED) is 0.436. The average molecular weight is 448 g/mol. The van der Waals surface area contributed by atoms with E-state index in [1.807, 2.05) is 36.5 Å². The number of nitrogens with zero attached hydrogens (tertiary/aromatic N) is 2. The molecule has 0 aliphatic heterocycles. The smallest absolute Gasteiger partial charge is 0.259 e. The van der Waals surface area contributed by atoms with Gasteiger partial charge in [0.05, 0.1) is 5.56 Å². The molecule has 32 heavy (non-hydrogen) atoms. The number of aromatic nitrogens is 1. The number of hydrogen-bond acceptors (Lipinski definition) is 3. The highest BCUT2D eigenvalue weighted by Crippen LogP contribution is 2.45. The summed E-state index contributed by atoms with van der Waals surface area (Å²) in [6.45, 7) is 11.2. The highest BCUT2D eigenvalue weighted by molar-refractivity contribution is 7.16. The van der Waals surface area contributed by atoms with Gasteiger partial charge in [0.25, 0.3) is 5.91 Å². The number of rotatable bonds is 4. The third-order valence-electron chi connectivity index (χ3n) is 6.87. The van der Waals surface area contributed by atoms with Crippen molar-refractivity contribution in [2.75, 3.05) is 5.32 Å². The molecular formula is C27H33N3OS. The Balaban J connectivity index is 1.72. The van der Waals surface area contributed by atoms with E-state index in [0.29, 0.717) is 5.92 Å². The van der Waals surface area contributed by atoms with Crippen molar-refractivity contribution < 1.29 is 4.79 Å². The molecule has 2 aromatic heterocycles. The Kier molecular flexibility index (Phi) is 6.13. The molecule has 4 rings (SSSR count). The maximum Gasteiger partial charge on any atom is 0.259 e. The largest absolute Gasteiger partial charge is 0.352 e. The lowest BCUT2D eigenvalue weighted by Crippen LogP contribution is -2.27. The van der Waals surface area contributed by atoms with Crippen molar-refractivity contribution in [2.24, 2.45) is 23.4 Å². The molecule has 5 heteroatoms. The molecule has 1 N–H and O–H groups in total.